The summed E-state index contributed by atoms with van der Waals surface area (Å²) in [4.78, 5) is 16.8. The lowest BCUT2D eigenvalue weighted by atomic mass is 10.1. The molecule has 5 heteroatoms. The Morgan fingerprint density at radius 3 is 2.72 bits per heavy atom. The SMILES string of the molecule is CCN1C[C@H](CN(C)C(=O)c2ccccc2OC)Oc2ccccc21. The van der Waals surface area contributed by atoms with Crippen LogP contribution in [0.4, 0.5) is 5.69 Å². The summed E-state index contributed by atoms with van der Waals surface area (Å²) in [5, 5.41) is 0. The number of amides is 1. The largest absolute Gasteiger partial charge is 0.496 e. The van der Waals surface area contributed by atoms with E-state index in [9.17, 15) is 4.79 Å². The molecule has 25 heavy (non-hydrogen) atoms. The molecule has 5 nitrogen and oxygen atoms in total. The van der Waals surface area contributed by atoms with Gasteiger partial charge in [-0.2, -0.15) is 0 Å². The van der Waals surface area contributed by atoms with Crippen LogP contribution in [0, 0.1) is 0 Å². The number of rotatable bonds is 5. The molecule has 2 aromatic carbocycles. The van der Waals surface area contributed by atoms with Gasteiger partial charge in [-0.25, -0.2) is 0 Å². The van der Waals surface area contributed by atoms with Gasteiger partial charge in [0.1, 0.15) is 17.6 Å². The van der Waals surface area contributed by atoms with Crippen molar-refractivity contribution in [2.24, 2.45) is 0 Å². The van der Waals surface area contributed by atoms with Gasteiger partial charge in [0.25, 0.3) is 5.91 Å². The highest BCUT2D eigenvalue weighted by molar-refractivity contribution is 5.96. The summed E-state index contributed by atoms with van der Waals surface area (Å²) in [5.74, 6) is 1.39. The predicted molar refractivity (Wildman–Crippen MR) is 98.7 cm³/mol. The number of carbonyl (C=O) groups excluding carboxylic acids is 1. The number of methoxy groups -OCH3 is 1. The Bertz CT molecular complexity index is 747. The number of likely N-dealkylation sites (N-methyl/N-ethyl adjacent to an activating group) is 2. The average molecular weight is 340 g/mol. The van der Waals surface area contributed by atoms with Crippen molar-refractivity contribution < 1.29 is 14.3 Å². The van der Waals surface area contributed by atoms with Gasteiger partial charge in [0.15, 0.2) is 0 Å². The van der Waals surface area contributed by atoms with Crippen LogP contribution in [0.2, 0.25) is 0 Å². The van der Waals surface area contributed by atoms with Crippen LogP contribution in [0.15, 0.2) is 48.5 Å². The molecule has 0 saturated heterocycles. The first kappa shape index (κ1) is 17.1. The summed E-state index contributed by atoms with van der Waals surface area (Å²) >= 11 is 0. The molecule has 0 radical (unpaired) electrons. The maximum absolute atomic E-state index is 12.8. The zero-order valence-corrected chi connectivity index (χ0v) is 14.9. The van der Waals surface area contributed by atoms with Crippen LogP contribution in [-0.4, -0.2) is 50.7 Å². The van der Waals surface area contributed by atoms with Gasteiger partial charge in [-0.1, -0.05) is 24.3 Å². The summed E-state index contributed by atoms with van der Waals surface area (Å²) in [6.07, 6.45) is -0.0708. The van der Waals surface area contributed by atoms with E-state index in [2.05, 4.69) is 17.9 Å². The fraction of sp³-hybridized carbons (Fsp3) is 0.350. The third kappa shape index (κ3) is 3.55. The highest BCUT2D eigenvalue weighted by Gasteiger charge is 2.27. The summed E-state index contributed by atoms with van der Waals surface area (Å²) in [6, 6.07) is 15.3. The minimum atomic E-state index is -0.0708. The molecule has 0 N–H and O–H groups in total. The first-order valence-electron chi connectivity index (χ1n) is 8.53. The van der Waals surface area contributed by atoms with E-state index in [-0.39, 0.29) is 12.0 Å². The summed E-state index contributed by atoms with van der Waals surface area (Å²) in [5.41, 5.74) is 1.68. The van der Waals surface area contributed by atoms with E-state index >= 15 is 0 Å². The van der Waals surface area contributed by atoms with Crippen LogP contribution >= 0.6 is 0 Å². The van der Waals surface area contributed by atoms with Crippen molar-refractivity contribution in [3.05, 3.63) is 54.1 Å². The van der Waals surface area contributed by atoms with Crippen LogP contribution in [0.5, 0.6) is 11.5 Å². The van der Waals surface area contributed by atoms with Gasteiger partial charge >= 0.3 is 0 Å². The van der Waals surface area contributed by atoms with Gasteiger partial charge in [0.05, 0.1) is 31.5 Å². The molecule has 0 bridgehead atoms. The third-order valence-electron chi connectivity index (χ3n) is 4.47. The smallest absolute Gasteiger partial charge is 0.257 e. The molecule has 1 atom stereocenters. The minimum Gasteiger partial charge on any atom is -0.496 e. The molecule has 0 saturated carbocycles. The molecule has 0 fully saturated rings. The number of hydrogen-bond acceptors (Lipinski definition) is 4. The molecule has 1 heterocycles. The molecular formula is C20H24N2O3. The molecule has 3 rings (SSSR count). The molecular weight excluding hydrogens is 316 g/mol. The Kier molecular flexibility index (Phi) is 5.12. The van der Waals surface area contributed by atoms with Crippen molar-refractivity contribution in [2.75, 3.05) is 38.7 Å². The van der Waals surface area contributed by atoms with Gasteiger partial charge in [-0.3, -0.25) is 4.79 Å². The predicted octanol–water partition coefficient (Wildman–Crippen LogP) is 3.05. The topological polar surface area (TPSA) is 42.0 Å². The van der Waals surface area contributed by atoms with Crippen LogP contribution in [0.3, 0.4) is 0 Å². The fourth-order valence-corrected chi connectivity index (χ4v) is 3.19. The average Bonchev–Trinajstić information content (AvgIpc) is 2.66. The van der Waals surface area contributed by atoms with Crippen LogP contribution < -0.4 is 14.4 Å². The Morgan fingerprint density at radius 1 is 1.24 bits per heavy atom. The van der Waals surface area contributed by atoms with Crippen molar-refractivity contribution in [1.82, 2.24) is 4.90 Å². The standard InChI is InChI=1S/C20H24N2O3/c1-4-22-14-15(25-19-12-8-6-10-17(19)22)13-21(2)20(23)16-9-5-7-11-18(16)24-3/h5-12,15H,4,13-14H2,1-3H3/t15-/m0/s1. The highest BCUT2D eigenvalue weighted by atomic mass is 16.5. The molecule has 2 aromatic rings. The summed E-state index contributed by atoms with van der Waals surface area (Å²) in [6.45, 7) is 4.31. The molecule has 1 amide bonds. The van der Waals surface area contributed by atoms with E-state index in [1.165, 1.54) is 0 Å². The second kappa shape index (κ2) is 7.47. The van der Waals surface area contributed by atoms with E-state index in [0.29, 0.717) is 17.9 Å². The first-order chi connectivity index (χ1) is 12.1. The van der Waals surface area contributed by atoms with E-state index < -0.39 is 0 Å². The molecule has 0 unspecified atom stereocenters. The number of hydrogen-bond donors (Lipinski definition) is 0. The molecule has 1 aliphatic heterocycles. The second-order valence-electron chi connectivity index (χ2n) is 6.13. The van der Waals surface area contributed by atoms with Gasteiger partial charge in [-0.05, 0) is 31.2 Å². The summed E-state index contributed by atoms with van der Waals surface area (Å²) < 4.78 is 11.4. The van der Waals surface area contributed by atoms with E-state index in [1.807, 2.05) is 30.3 Å². The maximum Gasteiger partial charge on any atom is 0.257 e. The van der Waals surface area contributed by atoms with Crippen molar-refractivity contribution >= 4 is 11.6 Å². The Labute approximate surface area is 148 Å². The van der Waals surface area contributed by atoms with Gasteiger partial charge < -0.3 is 19.3 Å². The number of carbonyl (C=O) groups is 1. The minimum absolute atomic E-state index is 0.0667. The number of nitrogens with zero attached hydrogens (tertiary/aromatic N) is 2. The molecule has 0 spiro atoms. The molecule has 132 valence electrons. The highest BCUT2D eigenvalue weighted by Crippen LogP contribution is 2.33. The number of ether oxygens (including phenoxy) is 2. The molecule has 1 aliphatic rings. The van der Waals surface area contributed by atoms with Crippen LogP contribution in [-0.2, 0) is 0 Å². The molecule has 0 aromatic heterocycles. The first-order valence-corrected chi connectivity index (χ1v) is 8.53. The van der Waals surface area contributed by atoms with E-state index in [1.54, 1.807) is 31.2 Å². The Morgan fingerprint density at radius 2 is 1.96 bits per heavy atom. The molecule has 0 aliphatic carbocycles. The third-order valence-corrected chi connectivity index (χ3v) is 4.47. The normalized spacial score (nSPS) is 16.0. The zero-order valence-electron chi connectivity index (χ0n) is 14.9. The van der Waals surface area contributed by atoms with Crippen LogP contribution in [0.1, 0.15) is 17.3 Å². The zero-order chi connectivity index (χ0) is 17.8. The lowest BCUT2D eigenvalue weighted by Crippen LogP contribution is -2.46. The number of anilines is 1. The fourth-order valence-electron chi connectivity index (χ4n) is 3.19. The lowest BCUT2D eigenvalue weighted by Gasteiger charge is -2.37. The Balaban J connectivity index is 1.73. The Hall–Kier alpha value is -2.69. The summed E-state index contributed by atoms with van der Waals surface area (Å²) in [7, 11) is 3.38. The van der Waals surface area contributed by atoms with Gasteiger partial charge in [0, 0.05) is 13.6 Å². The maximum atomic E-state index is 12.8. The van der Waals surface area contributed by atoms with Crippen molar-refractivity contribution in [1.29, 1.82) is 0 Å². The van der Waals surface area contributed by atoms with Gasteiger partial charge in [-0.15, -0.1) is 0 Å². The lowest BCUT2D eigenvalue weighted by molar-refractivity contribution is 0.0706. The second-order valence-corrected chi connectivity index (χ2v) is 6.13. The number of fused-ring (bicyclic) bond motifs is 1. The number of benzene rings is 2. The van der Waals surface area contributed by atoms with Crippen molar-refractivity contribution in [3.8, 4) is 11.5 Å². The van der Waals surface area contributed by atoms with Crippen molar-refractivity contribution in [2.45, 2.75) is 13.0 Å². The van der Waals surface area contributed by atoms with Crippen LogP contribution in [0.25, 0.3) is 0 Å². The monoisotopic (exact) mass is 340 g/mol. The number of para-hydroxylation sites is 3. The van der Waals surface area contributed by atoms with E-state index in [4.69, 9.17) is 9.47 Å². The van der Waals surface area contributed by atoms with Crippen molar-refractivity contribution in [3.63, 3.8) is 0 Å². The van der Waals surface area contributed by atoms with Gasteiger partial charge in [0.2, 0.25) is 0 Å². The van der Waals surface area contributed by atoms with E-state index in [0.717, 1.165) is 24.5 Å². The quantitative estimate of drug-likeness (QED) is 0.839.